The summed E-state index contributed by atoms with van der Waals surface area (Å²) in [5, 5.41) is 2.87. The largest absolute Gasteiger partial charge is 0.340 e. The molecule has 1 heterocycles. The van der Waals surface area contributed by atoms with Crippen molar-refractivity contribution in [1.29, 1.82) is 0 Å². The molecule has 0 aromatic carbocycles. The first-order chi connectivity index (χ1) is 9.27. The lowest BCUT2D eigenvalue weighted by Crippen LogP contribution is -2.70. The molecule has 4 unspecified atom stereocenters. The van der Waals surface area contributed by atoms with Crippen molar-refractivity contribution in [2.75, 3.05) is 0 Å². The summed E-state index contributed by atoms with van der Waals surface area (Å²) >= 11 is 0. The fraction of sp³-hybridized carbons (Fsp3) is 0.875. The smallest absolute Gasteiger partial charge is 0.248 e. The van der Waals surface area contributed by atoms with Crippen molar-refractivity contribution in [3.63, 3.8) is 0 Å². The van der Waals surface area contributed by atoms with Crippen LogP contribution >= 0.6 is 0 Å². The molecule has 0 aromatic heterocycles. The fourth-order valence-corrected chi connectivity index (χ4v) is 3.61. The van der Waals surface area contributed by atoms with Crippen molar-refractivity contribution >= 4 is 11.8 Å². The molecule has 4 nitrogen and oxygen atoms in total. The second kappa shape index (κ2) is 5.38. The Bertz CT molecular complexity index is 405. The van der Waals surface area contributed by atoms with Crippen LogP contribution in [0.25, 0.3) is 0 Å². The fourth-order valence-electron chi connectivity index (χ4n) is 3.61. The molecule has 2 aliphatic rings. The summed E-state index contributed by atoms with van der Waals surface area (Å²) in [5.41, 5.74) is -0.769. The second-order valence-corrected chi connectivity index (χ2v) is 7.17. The first kappa shape index (κ1) is 15.3. The lowest BCUT2D eigenvalue weighted by atomic mass is 9.77. The van der Waals surface area contributed by atoms with E-state index in [4.69, 9.17) is 0 Å². The summed E-state index contributed by atoms with van der Waals surface area (Å²) in [5.74, 6) is 1.42. The van der Waals surface area contributed by atoms with Gasteiger partial charge in [0.2, 0.25) is 11.8 Å². The van der Waals surface area contributed by atoms with E-state index in [1.807, 2.05) is 11.8 Å². The highest BCUT2D eigenvalue weighted by molar-refractivity contribution is 5.99. The Hall–Kier alpha value is -1.06. The Labute approximate surface area is 122 Å². The van der Waals surface area contributed by atoms with Gasteiger partial charge in [-0.2, -0.15) is 0 Å². The van der Waals surface area contributed by atoms with E-state index in [0.29, 0.717) is 18.3 Å². The molecule has 0 spiro atoms. The minimum atomic E-state index is -0.769. The van der Waals surface area contributed by atoms with Crippen molar-refractivity contribution in [2.24, 2.45) is 11.8 Å². The molecule has 1 aliphatic heterocycles. The van der Waals surface area contributed by atoms with E-state index < -0.39 is 5.54 Å². The Morgan fingerprint density at radius 3 is 2.40 bits per heavy atom. The van der Waals surface area contributed by atoms with Gasteiger partial charge in [0.15, 0.2) is 0 Å². The molecule has 0 bridgehead atoms. The summed E-state index contributed by atoms with van der Waals surface area (Å²) in [6, 6.07) is -0.0647. The van der Waals surface area contributed by atoms with Gasteiger partial charge in [0, 0.05) is 6.04 Å². The number of rotatable bonds is 2. The minimum Gasteiger partial charge on any atom is -0.340 e. The zero-order valence-corrected chi connectivity index (χ0v) is 13.4. The van der Waals surface area contributed by atoms with Crippen LogP contribution in [-0.2, 0) is 9.59 Å². The number of amides is 2. The van der Waals surface area contributed by atoms with Gasteiger partial charge < -0.3 is 10.2 Å². The molecule has 4 heteroatoms. The summed E-state index contributed by atoms with van der Waals surface area (Å²) in [6.07, 6.45) is 3.88. The number of carbonyl (C=O) groups excluding carboxylic acids is 2. The molecule has 2 amide bonds. The highest BCUT2D eigenvalue weighted by Gasteiger charge is 2.47. The maximum atomic E-state index is 12.8. The van der Waals surface area contributed by atoms with Crippen molar-refractivity contribution in [1.82, 2.24) is 10.2 Å². The van der Waals surface area contributed by atoms with Gasteiger partial charge >= 0.3 is 0 Å². The molecule has 1 saturated heterocycles. The Kier molecular flexibility index (Phi) is 4.12. The summed E-state index contributed by atoms with van der Waals surface area (Å²) < 4.78 is 0. The first-order valence-electron chi connectivity index (χ1n) is 7.92. The third kappa shape index (κ3) is 2.57. The number of hydrogen-bond acceptors (Lipinski definition) is 2. The standard InChI is InChI=1S/C16H28N2O2/c1-6-13-14(19)17-16(4,5)15(20)18(13)12-8-7-10(2)11(3)9-12/h10-13H,6-9H2,1-5H3,(H,17,19). The lowest BCUT2D eigenvalue weighted by Gasteiger charge is -2.48. The van der Waals surface area contributed by atoms with E-state index in [1.165, 1.54) is 0 Å². The Balaban J connectivity index is 2.25. The number of nitrogens with one attached hydrogen (secondary N) is 1. The minimum absolute atomic E-state index is 0.00313. The van der Waals surface area contributed by atoms with Gasteiger partial charge in [0.05, 0.1) is 0 Å². The molecular formula is C16H28N2O2. The van der Waals surface area contributed by atoms with Crippen LogP contribution in [-0.4, -0.2) is 34.3 Å². The summed E-state index contributed by atoms with van der Waals surface area (Å²) in [7, 11) is 0. The van der Waals surface area contributed by atoms with Gasteiger partial charge in [0.1, 0.15) is 11.6 Å². The number of carbonyl (C=O) groups is 2. The van der Waals surface area contributed by atoms with E-state index >= 15 is 0 Å². The van der Waals surface area contributed by atoms with Crippen molar-refractivity contribution in [3.05, 3.63) is 0 Å². The summed E-state index contributed by atoms with van der Waals surface area (Å²) in [4.78, 5) is 26.9. The first-order valence-corrected chi connectivity index (χ1v) is 7.92. The van der Waals surface area contributed by atoms with Gasteiger partial charge in [0.25, 0.3) is 0 Å². The van der Waals surface area contributed by atoms with Gasteiger partial charge in [-0.1, -0.05) is 20.8 Å². The molecule has 1 aliphatic carbocycles. The second-order valence-electron chi connectivity index (χ2n) is 7.17. The molecule has 0 radical (unpaired) electrons. The highest BCUT2D eigenvalue weighted by Crippen LogP contribution is 2.35. The van der Waals surface area contributed by atoms with Crippen molar-refractivity contribution in [3.8, 4) is 0 Å². The van der Waals surface area contributed by atoms with E-state index in [2.05, 4.69) is 19.2 Å². The Morgan fingerprint density at radius 2 is 1.85 bits per heavy atom. The molecule has 114 valence electrons. The molecule has 20 heavy (non-hydrogen) atoms. The monoisotopic (exact) mass is 280 g/mol. The quantitative estimate of drug-likeness (QED) is 0.844. The lowest BCUT2D eigenvalue weighted by molar-refractivity contribution is -0.158. The highest BCUT2D eigenvalue weighted by atomic mass is 16.2. The molecule has 4 atom stereocenters. The van der Waals surface area contributed by atoms with E-state index in [1.54, 1.807) is 13.8 Å². The van der Waals surface area contributed by atoms with Gasteiger partial charge in [-0.25, -0.2) is 0 Å². The molecule has 1 saturated carbocycles. The third-order valence-electron chi connectivity index (χ3n) is 5.19. The van der Waals surface area contributed by atoms with Crippen LogP contribution in [0.4, 0.5) is 0 Å². The normalized spacial score (nSPS) is 37.8. The molecule has 2 fully saturated rings. The molecular weight excluding hydrogens is 252 g/mol. The average molecular weight is 280 g/mol. The number of nitrogens with zero attached hydrogens (tertiary/aromatic N) is 1. The van der Waals surface area contributed by atoms with Crippen molar-refractivity contribution < 1.29 is 9.59 Å². The Morgan fingerprint density at radius 1 is 1.20 bits per heavy atom. The number of hydrogen-bond donors (Lipinski definition) is 1. The maximum Gasteiger partial charge on any atom is 0.248 e. The van der Waals surface area contributed by atoms with Crippen LogP contribution in [0, 0.1) is 11.8 Å². The maximum absolute atomic E-state index is 12.8. The van der Waals surface area contributed by atoms with Crippen LogP contribution in [0.2, 0.25) is 0 Å². The predicted octanol–water partition coefficient (Wildman–Crippen LogP) is 2.33. The molecule has 1 N–H and O–H groups in total. The zero-order chi connectivity index (χ0) is 15.1. The summed E-state index contributed by atoms with van der Waals surface area (Å²) in [6.45, 7) is 10.1. The van der Waals surface area contributed by atoms with Crippen LogP contribution in [0.15, 0.2) is 0 Å². The van der Waals surface area contributed by atoms with Crippen LogP contribution in [0.3, 0.4) is 0 Å². The van der Waals surface area contributed by atoms with E-state index in [9.17, 15) is 9.59 Å². The van der Waals surface area contributed by atoms with Crippen LogP contribution in [0.1, 0.15) is 60.3 Å². The van der Waals surface area contributed by atoms with Crippen LogP contribution < -0.4 is 5.32 Å². The van der Waals surface area contributed by atoms with Gasteiger partial charge in [-0.05, 0) is 51.4 Å². The van der Waals surface area contributed by atoms with E-state index in [-0.39, 0.29) is 23.9 Å². The molecule has 2 rings (SSSR count). The van der Waals surface area contributed by atoms with Gasteiger partial charge in [-0.15, -0.1) is 0 Å². The van der Waals surface area contributed by atoms with Crippen LogP contribution in [0.5, 0.6) is 0 Å². The van der Waals surface area contributed by atoms with E-state index in [0.717, 1.165) is 19.3 Å². The zero-order valence-electron chi connectivity index (χ0n) is 13.4. The predicted molar refractivity (Wildman–Crippen MR) is 79.1 cm³/mol. The van der Waals surface area contributed by atoms with Crippen molar-refractivity contribution in [2.45, 2.75) is 77.9 Å². The van der Waals surface area contributed by atoms with Gasteiger partial charge in [-0.3, -0.25) is 9.59 Å². The SMILES string of the molecule is CCC1C(=O)NC(C)(C)C(=O)N1C1CCC(C)C(C)C1. The topological polar surface area (TPSA) is 49.4 Å². The molecule has 0 aromatic rings. The third-order valence-corrected chi connectivity index (χ3v) is 5.19. The average Bonchev–Trinajstić information content (AvgIpc) is 2.36. The number of piperazine rings is 1.